The molecule has 0 aromatic heterocycles. The molecular weight excluding hydrogens is 304 g/mol. The van der Waals surface area contributed by atoms with Gasteiger partial charge in [0.25, 0.3) is 0 Å². The number of oxime groups is 1. The first-order chi connectivity index (χ1) is 10.7. The average Bonchev–Trinajstić information content (AvgIpc) is 3.05. The van der Waals surface area contributed by atoms with Gasteiger partial charge in [0.15, 0.2) is 5.84 Å². The zero-order valence-corrected chi connectivity index (χ0v) is 12.2. The third-order valence-corrected chi connectivity index (χ3v) is 3.65. The summed E-state index contributed by atoms with van der Waals surface area (Å²) in [6, 6.07) is 14.2. The van der Waals surface area contributed by atoms with E-state index in [1.807, 2.05) is 24.3 Å². The molecule has 1 aliphatic heterocycles. The maximum absolute atomic E-state index is 11.0. The summed E-state index contributed by atoms with van der Waals surface area (Å²) in [5.41, 5.74) is 2.82. The minimum atomic E-state index is -0.977. The van der Waals surface area contributed by atoms with Crippen LogP contribution in [0.3, 0.4) is 0 Å². The van der Waals surface area contributed by atoms with Crippen molar-refractivity contribution in [3.05, 3.63) is 70.8 Å². The topological polar surface area (TPSA) is 70.9 Å². The molecule has 0 bridgehead atoms. The first-order valence-corrected chi connectivity index (χ1v) is 7.20. The lowest BCUT2D eigenvalue weighted by Gasteiger charge is -2.11. The maximum Gasteiger partial charge on any atom is 0.335 e. The van der Waals surface area contributed by atoms with Crippen LogP contribution in [0.1, 0.15) is 33.3 Å². The Kier molecular flexibility index (Phi) is 3.98. The molecule has 1 unspecified atom stereocenters. The summed E-state index contributed by atoms with van der Waals surface area (Å²) < 4.78 is 0. The molecule has 2 aromatic rings. The van der Waals surface area contributed by atoms with Gasteiger partial charge in [0, 0.05) is 17.0 Å². The minimum Gasteiger partial charge on any atom is -0.478 e. The predicted octanol–water partition coefficient (Wildman–Crippen LogP) is 3.10. The molecule has 1 aliphatic rings. The van der Waals surface area contributed by atoms with Gasteiger partial charge < -0.3 is 15.3 Å². The summed E-state index contributed by atoms with van der Waals surface area (Å²) in [6.07, 6.45) is -0.396. The lowest BCUT2D eigenvalue weighted by Crippen LogP contribution is -2.23. The molecule has 112 valence electrons. The summed E-state index contributed by atoms with van der Waals surface area (Å²) >= 11 is 5.77. The van der Waals surface area contributed by atoms with E-state index in [4.69, 9.17) is 21.5 Å². The van der Waals surface area contributed by atoms with Crippen molar-refractivity contribution in [3.63, 3.8) is 0 Å². The lowest BCUT2D eigenvalue weighted by molar-refractivity contribution is 0.0696. The van der Waals surface area contributed by atoms with Crippen molar-refractivity contribution in [2.24, 2.45) is 5.16 Å². The Bertz CT molecular complexity index is 728. The molecule has 0 spiro atoms. The maximum atomic E-state index is 11.0. The zero-order valence-electron chi connectivity index (χ0n) is 11.5. The molecule has 3 rings (SSSR count). The number of carboxylic acids is 1. The van der Waals surface area contributed by atoms with Gasteiger partial charge in [0.1, 0.15) is 0 Å². The summed E-state index contributed by atoms with van der Waals surface area (Å²) in [5, 5.41) is 16.2. The summed E-state index contributed by atoms with van der Waals surface area (Å²) in [5.74, 6) is -0.00715. The molecule has 6 heteroatoms. The van der Waals surface area contributed by atoms with Crippen molar-refractivity contribution in [1.82, 2.24) is 5.32 Å². The van der Waals surface area contributed by atoms with Crippen LogP contribution >= 0.6 is 11.6 Å². The molecule has 2 aromatic carbocycles. The van der Waals surface area contributed by atoms with Crippen LogP contribution in [0.25, 0.3) is 0 Å². The number of aromatic carboxylic acids is 1. The Hall–Kier alpha value is -2.53. The van der Waals surface area contributed by atoms with Crippen LogP contribution in [0.2, 0.25) is 0 Å². The Morgan fingerprint density at radius 3 is 2.73 bits per heavy atom. The first-order valence-electron chi connectivity index (χ1n) is 6.66. The van der Waals surface area contributed by atoms with Crippen molar-refractivity contribution in [2.45, 2.75) is 12.1 Å². The molecule has 0 aliphatic carbocycles. The van der Waals surface area contributed by atoms with Gasteiger partial charge in [0.2, 0.25) is 6.23 Å². The zero-order chi connectivity index (χ0) is 15.5. The number of carboxylic acid groups (broad SMARTS) is 1. The number of hydrogen-bond donors (Lipinski definition) is 2. The Morgan fingerprint density at radius 2 is 2.05 bits per heavy atom. The van der Waals surface area contributed by atoms with Crippen LogP contribution < -0.4 is 5.32 Å². The van der Waals surface area contributed by atoms with Crippen molar-refractivity contribution in [3.8, 4) is 0 Å². The van der Waals surface area contributed by atoms with E-state index in [-0.39, 0.29) is 5.56 Å². The molecular formula is C16H13ClN2O3. The largest absolute Gasteiger partial charge is 0.478 e. The predicted molar refractivity (Wildman–Crippen MR) is 82.9 cm³/mol. The Morgan fingerprint density at radius 1 is 1.27 bits per heavy atom. The molecule has 0 saturated heterocycles. The third-order valence-electron chi connectivity index (χ3n) is 3.34. The van der Waals surface area contributed by atoms with Crippen molar-refractivity contribution in [1.29, 1.82) is 0 Å². The number of carbonyl (C=O) groups is 1. The van der Waals surface area contributed by atoms with Gasteiger partial charge >= 0.3 is 5.97 Å². The van der Waals surface area contributed by atoms with Gasteiger partial charge in [-0.15, -0.1) is 11.6 Å². The lowest BCUT2D eigenvalue weighted by atomic mass is 10.1. The van der Waals surface area contributed by atoms with E-state index in [0.717, 1.165) is 11.1 Å². The molecule has 2 N–H and O–H groups in total. The van der Waals surface area contributed by atoms with E-state index in [9.17, 15) is 4.79 Å². The summed E-state index contributed by atoms with van der Waals surface area (Å²) in [4.78, 5) is 16.4. The van der Waals surface area contributed by atoms with E-state index >= 15 is 0 Å². The van der Waals surface area contributed by atoms with Crippen LogP contribution in [-0.4, -0.2) is 16.9 Å². The second kappa shape index (κ2) is 6.07. The third kappa shape index (κ3) is 2.89. The molecule has 0 saturated carbocycles. The van der Waals surface area contributed by atoms with Gasteiger partial charge in [-0.3, -0.25) is 0 Å². The normalized spacial score (nSPS) is 16.6. The summed E-state index contributed by atoms with van der Waals surface area (Å²) in [6.45, 7) is 0. The minimum absolute atomic E-state index is 0.205. The van der Waals surface area contributed by atoms with Crippen LogP contribution in [0.4, 0.5) is 0 Å². The first kappa shape index (κ1) is 14.4. The number of nitrogens with one attached hydrogen (secondary N) is 1. The SMILES string of the molecule is O=C(O)c1cccc(C2=NOC(c3ccc(CCl)cc3)N2)c1. The summed E-state index contributed by atoms with van der Waals surface area (Å²) in [7, 11) is 0. The molecule has 1 heterocycles. The van der Waals surface area contributed by atoms with Gasteiger partial charge in [-0.2, -0.15) is 0 Å². The van der Waals surface area contributed by atoms with Crippen LogP contribution in [0, 0.1) is 0 Å². The number of halogens is 1. The van der Waals surface area contributed by atoms with E-state index in [1.165, 1.54) is 6.07 Å². The van der Waals surface area contributed by atoms with E-state index in [1.54, 1.807) is 18.2 Å². The van der Waals surface area contributed by atoms with Crippen LogP contribution in [-0.2, 0) is 10.7 Å². The molecule has 0 radical (unpaired) electrons. The highest BCUT2D eigenvalue weighted by Gasteiger charge is 2.22. The van der Waals surface area contributed by atoms with E-state index in [0.29, 0.717) is 17.3 Å². The fourth-order valence-electron chi connectivity index (χ4n) is 2.14. The molecule has 5 nitrogen and oxygen atoms in total. The van der Waals surface area contributed by atoms with Crippen LogP contribution in [0.15, 0.2) is 53.7 Å². The van der Waals surface area contributed by atoms with Gasteiger partial charge in [-0.1, -0.05) is 41.6 Å². The molecule has 1 atom stereocenters. The van der Waals surface area contributed by atoms with Gasteiger partial charge in [-0.05, 0) is 17.7 Å². The highest BCUT2D eigenvalue weighted by Crippen LogP contribution is 2.22. The fourth-order valence-corrected chi connectivity index (χ4v) is 2.32. The second-order valence-corrected chi connectivity index (χ2v) is 5.10. The van der Waals surface area contributed by atoms with E-state index in [2.05, 4.69) is 10.5 Å². The number of hydrogen-bond acceptors (Lipinski definition) is 4. The van der Waals surface area contributed by atoms with Crippen molar-refractivity contribution < 1.29 is 14.7 Å². The molecule has 0 amide bonds. The smallest absolute Gasteiger partial charge is 0.335 e. The standard InChI is InChI=1S/C16H13ClN2O3/c17-9-10-4-6-11(7-5-10)15-18-14(19-22-15)12-2-1-3-13(8-12)16(20)21/h1-8,15H,9H2,(H,18,19)(H,20,21). The Labute approximate surface area is 132 Å². The highest BCUT2D eigenvalue weighted by molar-refractivity contribution is 6.17. The van der Waals surface area contributed by atoms with Crippen LogP contribution in [0.5, 0.6) is 0 Å². The molecule has 0 fully saturated rings. The average molecular weight is 317 g/mol. The number of amidine groups is 1. The van der Waals surface area contributed by atoms with Gasteiger partial charge in [0.05, 0.1) is 5.56 Å². The number of alkyl halides is 1. The second-order valence-electron chi connectivity index (χ2n) is 4.83. The fraction of sp³-hybridized carbons (Fsp3) is 0.125. The molecule has 22 heavy (non-hydrogen) atoms. The van der Waals surface area contributed by atoms with Crippen molar-refractivity contribution >= 4 is 23.4 Å². The number of nitrogens with zero attached hydrogens (tertiary/aromatic N) is 1. The number of benzene rings is 2. The van der Waals surface area contributed by atoms with E-state index < -0.39 is 12.2 Å². The number of rotatable bonds is 4. The quantitative estimate of drug-likeness (QED) is 0.850. The highest BCUT2D eigenvalue weighted by atomic mass is 35.5. The van der Waals surface area contributed by atoms with Gasteiger partial charge in [-0.25, -0.2) is 4.79 Å². The monoisotopic (exact) mass is 316 g/mol. The Balaban J connectivity index is 1.76. The van der Waals surface area contributed by atoms with Crippen molar-refractivity contribution in [2.75, 3.05) is 0 Å².